The van der Waals surface area contributed by atoms with Crippen LogP contribution in [0.25, 0.3) is 0 Å². The molecule has 13 heavy (non-hydrogen) atoms. The zero-order chi connectivity index (χ0) is 9.90. The summed E-state index contributed by atoms with van der Waals surface area (Å²) in [5.74, 6) is 3.56. The smallest absolute Gasteiger partial charge is 0.0214 e. The zero-order valence-electron chi connectivity index (χ0n) is 9.14. The lowest BCUT2D eigenvalue weighted by Gasteiger charge is -2.26. The largest absolute Gasteiger partial charge is 0.302 e. The maximum atomic E-state index is 5.25. The molecule has 1 nitrogen and oxygen atoms in total. The second-order valence-electron chi connectivity index (χ2n) is 5.11. The zero-order valence-corrected chi connectivity index (χ0v) is 9.14. The molecule has 74 valence electrons. The van der Waals surface area contributed by atoms with Gasteiger partial charge in [0.15, 0.2) is 0 Å². The number of terminal acetylenes is 1. The second kappa shape index (κ2) is 4.15. The molecular formula is C12H21N. The predicted molar refractivity (Wildman–Crippen MR) is 57.5 cm³/mol. The fraction of sp³-hybridized carbons (Fsp3) is 0.833. The van der Waals surface area contributed by atoms with Gasteiger partial charge in [0.25, 0.3) is 0 Å². The lowest BCUT2D eigenvalue weighted by molar-refractivity contribution is 0.231. The Morgan fingerprint density at radius 1 is 1.46 bits per heavy atom. The first-order valence-electron chi connectivity index (χ1n) is 5.20. The summed E-state index contributed by atoms with van der Waals surface area (Å²) >= 11 is 0. The molecule has 1 aliphatic heterocycles. The topological polar surface area (TPSA) is 3.24 Å². The summed E-state index contributed by atoms with van der Waals surface area (Å²) < 4.78 is 0. The average molecular weight is 179 g/mol. The minimum Gasteiger partial charge on any atom is -0.302 e. The maximum Gasteiger partial charge on any atom is 0.0214 e. The maximum absolute atomic E-state index is 5.25. The highest BCUT2D eigenvalue weighted by Gasteiger charge is 2.31. The molecule has 0 aromatic heterocycles. The van der Waals surface area contributed by atoms with Gasteiger partial charge in [-0.1, -0.05) is 20.8 Å². The van der Waals surface area contributed by atoms with E-state index in [1.807, 2.05) is 0 Å². The molecule has 1 heteroatoms. The van der Waals surface area contributed by atoms with Crippen molar-refractivity contribution in [3.63, 3.8) is 0 Å². The van der Waals surface area contributed by atoms with E-state index in [4.69, 9.17) is 6.42 Å². The highest BCUT2D eigenvalue weighted by molar-refractivity contribution is 4.88. The van der Waals surface area contributed by atoms with Gasteiger partial charge >= 0.3 is 0 Å². The van der Waals surface area contributed by atoms with Gasteiger partial charge < -0.3 is 4.90 Å². The van der Waals surface area contributed by atoms with Crippen LogP contribution >= 0.6 is 0 Å². The van der Waals surface area contributed by atoms with E-state index < -0.39 is 0 Å². The number of rotatable bonds is 2. The van der Waals surface area contributed by atoms with E-state index >= 15 is 0 Å². The molecule has 1 unspecified atom stereocenters. The van der Waals surface area contributed by atoms with Crippen molar-refractivity contribution in [3.8, 4) is 12.3 Å². The Balaban J connectivity index is 2.33. The molecule has 0 aromatic carbocycles. The van der Waals surface area contributed by atoms with Gasteiger partial charge in [0.05, 0.1) is 0 Å². The van der Waals surface area contributed by atoms with Crippen LogP contribution in [0.5, 0.6) is 0 Å². The van der Waals surface area contributed by atoms with Crippen molar-refractivity contribution >= 4 is 0 Å². The van der Waals surface area contributed by atoms with Gasteiger partial charge in [-0.05, 0) is 24.3 Å². The first-order chi connectivity index (χ1) is 6.04. The van der Waals surface area contributed by atoms with E-state index in [2.05, 4.69) is 31.6 Å². The Morgan fingerprint density at radius 3 is 2.62 bits per heavy atom. The Bertz CT molecular complexity index is 194. The SMILES string of the molecule is C#CCCN1CCC(C(C)(C)C)C1. The van der Waals surface area contributed by atoms with Crippen molar-refractivity contribution in [2.75, 3.05) is 19.6 Å². The van der Waals surface area contributed by atoms with Gasteiger partial charge in [-0.15, -0.1) is 12.3 Å². The van der Waals surface area contributed by atoms with Crippen molar-refractivity contribution in [2.45, 2.75) is 33.6 Å². The van der Waals surface area contributed by atoms with E-state index in [0.29, 0.717) is 5.41 Å². The third-order valence-electron chi connectivity index (χ3n) is 3.07. The van der Waals surface area contributed by atoms with Crippen LogP contribution in [0.2, 0.25) is 0 Å². The monoisotopic (exact) mass is 179 g/mol. The Labute approximate surface area is 82.5 Å². The Hall–Kier alpha value is -0.480. The van der Waals surface area contributed by atoms with E-state index in [9.17, 15) is 0 Å². The van der Waals surface area contributed by atoms with Crippen LogP contribution in [0.1, 0.15) is 33.6 Å². The summed E-state index contributed by atoms with van der Waals surface area (Å²) in [6, 6.07) is 0. The lowest BCUT2D eigenvalue weighted by atomic mass is 9.80. The molecule has 0 aliphatic carbocycles. The van der Waals surface area contributed by atoms with Gasteiger partial charge in [-0.25, -0.2) is 0 Å². The number of nitrogens with zero attached hydrogens (tertiary/aromatic N) is 1. The van der Waals surface area contributed by atoms with E-state index in [-0.39, 0.29) is 0 Å². The van der Waals surface area contributed by atoms with Crippen molar-refractivity contribution in [3.05, 3.63) is 0 Å². The number of likely N-dealkylation sites (tertiary alicyclic amines) is 1. The van der Waals surface area contributed by atoms with Crippen LogP contribution in [0.3, 0.4) is 0 Å². The molecule has 1 aliphatic rings. The molecule has 0 spiro atoms. The second-order valence-corrected chi connectivity index (χ2v) is 5.11. The molecule has 0 amide bonds. The van der Waals surface area contributed by atoms with Crippen molar-refractivity contribution in [1.82, 2.24) is 4.90 Å². The first-order valence-corrected chi connectivity index (χ1v) is 5.20. The lowest BCUT2D eigenvalue weighted by Crippen LogP contribution is -2.26. The predicted octanol–water partition coefficient (Wildman–Crippen LogP) is 2.38. The fourth-order valence-corrected chi connectivity index (χ4v) is 1.97. The summed E-state index contributed by atoms with van der Waals surface area (Å²) in [5.41, 5.74) is 0.463. The van der Waals surface area contributed by atoms with Crippen LogP contribution in [0.4, 0.5) is 0 Å². The quantitative estimate of drug-likeness (QED) is 0.588. The molecular weight excluding hydrogens is 158 g/mol. The van der Waals surface area contributed by atoms with Gasteiger partial charge in [-0.3, -0.25) is 0 Å². The van der Waals surface area contributed by atoms with E-state index in [1.165, 1.54) is 19.5 Å². The standard InChI is InChI=1S/C12H21N/c1-5-6-8-13-9-7-11(10-13)12(2,3)4/h1,11H,6-10H2,2-4H3. The molecule has 0 saturated carbocycles. The van der Waals surface area contributed by atoms with Gasteiger partial charge in [0, 0.05) is 19.5 Å². The van der Waals surface area contributed by atoms with E-state index in [1.54, 1.807) is 0 Å². The Morgan fingerprint density at radius 2 is 2.15 bits per heavy atom. The summed E-state index contributed by atoms with van der Waals surface area (Å²) in [5, 5.41) is 0. The molecule has 0 aromatic rings. The van der Waals surface area contributed by atoms with Crippen molar-refractivity contribution in [2.24, 2.45) is 11.3 Å². The van der Waals surface area contributed by atoms with Crippen LogP contribution in [-0.4, -0.2) is 24.5 Å². The highest BCUT2D eigenvalue weighted by atomic mass is 15.1. The molecule has 0 bridgehead atoms. The minimum atomic E-state index is 0.463. The highest BCUT2D eigenvalue weighted by Crippen LogP contribution is 2.33. The van der Waals surface area contributed by atoms with Crippen LogP contribution in [0.15, 0.2) is 0 Å². The number of hydrogen-bond donors (Lipinski definition) is 0. The summed E-state index contributed by atoms with van der Waals surface area (Å²) in [6.45, 7) is 10.6. The summed E-state index contributed by atoms with van der Waals surface area (Å²) in [6.07, 6.45) is 7.49. The molecule has 0 radical (unpaired) electrons. The van der Waals surface area contributed by atoms with Crippen molar-refractivity contribution in [1.29, 1.82) is 0 Å². The van der Waals surface area contributed by atoms with Crippen LogP contribution < -0.4 is 0 Å². The van der Waals surface area contributed by atoms with Gasteiger partial charge in [-0.2, -0.15) is 0 Å². The molecule has 1 fully saturated rings. The Kier molecular flexibility index (Phi) is 3.39. The summed E-state index contributed by atoms with van der Waals surface area (Å²) in [4.78, 5) is 2.50. The van der Waals surface area contributed by atoms with Crippen LogP contribution in [-0.2, 0) is 0 Å². The normalized spacial score (nSPS) is 24.6. The van der Waals surface area contributed by atoms with E-state index in [0.717, 1.165) is 18.9 Å². The summed E-state index contributed by atoms with van der Waals surface area (Å²) in [7, 11) is 0. The van der Waals surface area contributed by atoms with Gasteiger partial charge in [0.2, 0.25) is 0 Å². The fourth-order valence-electron chi connectivity index (χ4n) is 1.97. The van der Waals surface area contributed by atoms with Gasteiger partial charge in [0.1, 0.15) is 0 Å². The molecule has 1 atom stereocenters. The number of hydrogen-bond acceptors (Lipinski definition) is 1. The third-order valence-corrected chi connectivity index (χ3v) is 3.07. The molecule has 0 N–H and O–H groups in total. The van der Waals surface area contributed by atoms with Crippen LogP contribution in [0, 0.1) is 23.7 Å². The first kappa shape index (κ1) is 10.6. The minimum absolute atomic E-state index is 0.463. The molecule has 1 rings (SSSR count). The third kappa shape index (κ3) is 3.04. The molecule has 1 heterocycles. The molecule has 1 saturated heterocycles. The van der Waals surface area contributed by atoms with Crippen molar-refractivity contribution < 1.29 is 0 Å². The average Bonchev–Trinajstić information content (AvgIpc) is 2.47.